The Morgan fingerprint density at radius 3 is 2.65 bits per heavy atom. The molecule has 0 aliphatic carbocycles. The molecule has 100 valence electrons. The molecule has 0 aromatic carbocycles. The Kier molecular flexibility index (Phi) is 4.35. The minimum Gasteiger partial charge on any atom is -0.444 e. The molecule has 0 bridgehead atoms. The van der Waals surface area contributed by atoms with E-state index in [9.17, 15) is 9.90 Å². The third kappa shape index (κ3) is 3.83. The van der Waals surface area contributed by atoms with Gasteiger partial charge in [0.05, 0.1) is 18.8 Å². The van der Waals surface area contributed by atoms with Gasteiger partial charge in [-0.15, -0.1) is 0 Å². The highest BCUT2D eigenvalue weighted by Crippen LogP contribution is 2.23. The molecular formula is C11H21NO5. The van der Waals surface area contributed by atoms with Gasteiger partial charge < -0.3 is 25.0 Å². The van der Waals surface area contributed by atoms with E-state index >= 15 is 0 Å². The van der Waals surface area contributed by atoms with Crippen molar-refractivity contribution in [1.29, 1.82) is 0 Å². The highest BCUT2D eigenvalue weighted by atomic mass is 16.6. The summed E-state index contributed by atoms with van der Waals surface area (Å²) in [5, 5.41) is 21.4. The number of nitrogens with one attached hydrogen (secondary N) is 1. The minimum atomic E-state index is -1.06. The highest BCUT2D eigenvalue weighted by molar-refractivity contribution is 5.69. The third-order valence-electron chi connectivity index (χ3n) is 2.61. The fourth-order valence-corrected chi connectivity index (χ4v) is 1.71. The number of carbonyl (C=O) groups excluding carboxylic acids is 1. The van der Waals surface area contributed by atoms with Crippen LogP contribution in [0.3, 0.4) is 0 Å². The zero-order valence-electron chi connectivity index (χ0n) is 10.5. The number of aliphatic hydroxyl groups excluding tert-OH is 2. The van der Waals surface area contributed by atoms with Gasteiger partial charge in [0.2, 0.25) is 0 Å². The van der Waals surface area contributed by atoms with Crippen molar-refractivity contribution in [2.75, 3.05) is 19.8 Å². The van der Waals surface area contributed by atoms with E-state index in [2.05, 4.69) is 5.32 Å². The van der Waals surface area contributed by atoms with Crippen molar-refractivity contribution >= 4 is 6.09 Å². The van der Waals surface area contributed by atoms with Crippen molar-refractivity contribution in [3.8, 4) is 0 Å². The molecule has 0 radical (unpaired) electrons. The van der Waals surface area contributed by atoms with Crippen LogP contribution in [-0.4, -0.2) is 53.4 Å². The van der Waals surface area contributed by atoms with Crippen molar-refractivity contribution in [2.24, 2.45) is 0 Å². The molecule has 3 N–H and O–H groups in total. The molecular weight excluding hydrogens is 226 g/mol. The van der Waals surface area contributed by atoms with Crippen LogP contribution in [-0.2, 0) is 9.47 Å². The van der Waals surface area contributed by atoms with E-state index in [-0.39, 0.29) is 6.61 Å². The number of carbonyl (C=O) groups is 1. The molecule has 17 heavy (non-hydrogen) atoms. The molecule has 0 spiro atoms. The summed E-state index contributed by atoms with van der Waals surface area (Å²) in [5.74, 6) is 0. The van der Waals surface area contributed by atoms with Crippen LogP contribution in [0.4, 0.5) is 4.79 Å². The first kappa shape index (κ1) is 14.2. The van der Waals surface area contributed by atoms with Gasteiger partial charge in [-0.05, 0) is 27.2 Å². The molecule has 2 atom stereocenters. The number of alkyl carbamates (subject to hydrolysis) is 1. The molecule has 1 fully saturated rings. The van der Waals surface area contributed by atoms with E-state index in [1.165, 1.54) is 0 Å². The predicted octanol–water partition coefficient (Wildman–Crippen LogP) is 0.0234. The third-order valence-corrected chi connectivity index (χ3v) is 2.61. The second-order valence-electron chi connectivity index (χ2n) is 5.28. The lowest BCUT2D eigenvalue weighted by Gasteiger charge is -2.33. The first-order valence-electron chi connectivity index (χ1n) is 5.67. The van der Waals surface area contributed by atoms with Gasteiger partial charge in [-0.2, -0.15) is 0 Å². The Labute approximate surface area is 101 Å². The second kappa shape index (κ2) is 5.20. The average molecular weight is 247 g/mol. The van der Waals surface area contributed by atoms with Gasteiger partial charge in [-0.3, -0.25) is 0 Å². The molecule has 1 aliphatic rings. The fraction of sp³-hybridized carbons (Fsp3) is 0.909. The number of hydrogen-bond acceptors (Lipinski definition) is 5. The molecule has 0 aromatic rings. The monoisotopic (exact) mass is 247 g/mol. The van der Waals surface area contributed by atoms with Crippen LogP contribution in [0.15, 0.2) is 0 Å². The summed E-state index contributed by atoms with van der Waals surface area (Å²) in [6.45, 7) is 5.45. The van der Waals surface area contributed by atoms with Crippen molar-refractivity contribution in [1.82, 2.24) is 5.32 Å². The molecule has 6 nitrogen and oxygen atoms in total. The van der Waals surface area contributed by atoms with Crippen LogP contribution >= 0.6 is 0 Å². The van der Waals surface area contributed by atoms with E-state index in [0.717, 1.165) is 0 Å². The first-order valence-corrected chi connectivity index (χ1v) is 5.67. The summed E-state index contributed by atoms with van der Waals surface area (Å²) in [6, 6.07) is 0. The lowest BCUT2D eigenvalue weighted by molar-refractivity contribution is -0.00537. The zero-order valence-corrected chi connectivity index (χ0v) is 10.5. The molecule has 6 heteroatoms. The lowest BCUT2D eigenvalue weighted by Crippen LogP contribution is -2.59. The summed E-state index contributed by atoms with van der Waals surface area (Å²) in [5.41, 5.74) is -1.55. The van der Waals surface area contributed by atoms with Crippen LogP contribution in [0.5, 0.6) is 0 Å². The Hall–Kier alpha value is -0.850. The summed E-state index contributed by atoms with van der Waals surface area (Å²) in [7, 11) is 0. The average Bonchev–Trinajstić information content (AvgIpc) is 2.63. The van der Waals surface area contributed by atoms with Crippen LogP contribution in [0.25, 0.3) is 0 Å². The first-order chi connectivity index (χ1) is 7.79. The smallest absolute Gasteiger partial charge is 0.408 e. The Bertz CT molecular complexity index is 268. The largest absolute Gasteiger partial charge is 0.444 e. The molecule has 2 unspecified atom stereocenters. The Balaban J connectivity index is 2.65. The van der Waals surface area contributed by atoms with Gasteiger partial charge in [-0.25, -0.2) is 4.79 Å². The SMILES string of the molecule is CC(C)(C)OC(=O)NC1(C(O)CO)CCOC1. The van der Waals surface area contributed by atoms with Crippen molar-refractivity contribution in [2.45, 2.75) is 44.4 Å². The second-order valence-corrected chi connectivity index (χ2v) is 5.28. The quantitative estimate of drug-likeness (QED) is 0.654. The van der Waals surface area contributed by atoms with Crippen molar-refractivity contribution < 1.29 is 24.5 Å². The lowest BCUT2D eigenvalue weighted by atomic mass is 9.92. The molecule has 1 heterocycles. The van der Waals surface area contributed by atoms with Gasteiger partial charge in [0, 0.05) is 6.61 Å². The Morgan fingerprint density at radius 2 is 2.24 bits per heavy atom. The molecule has 1 aliphatic heterocycles. The van der Waals surface area contributed by atoms with Crippen LogP contribution in [0, 0.1) is 0 Å². The predicted molar refractivity (Wildman–Crippen MR) is 60.6 cm³/mol. The fourth-order valence-electron chi connectivity index (χ4n) is 1.71. The van der Waals surface area contributed by atoms with Crippen molar-refractivity contribution in [3.63, 3.8) is 0 Å². The normalized spacial score (nSPS) is 26.6. The molecule has 1 saturated heterocycles. The van der Waals surface area contributed by atoms with E-state index in [0.29, 0.717) is 13.0 Å². The van der Waals surface area contributed by atoms with E-state index in [1.807, 2.05) is 0 Å². The zero-order chi connectivity index (χ0) is 13.1. The number of aliphatic hydroxyl groups is 2. The van der Waals surface area contributed by atoms with Gasteiger partial charge in [-0.1, -0.05) is 0 Å². The number of ether oxygens (including phenoxy) is 2. The van der Waals surface area contributed by atoms with Crippen LogP contribution in [0.2, 0.25) is 0 Å². The topological polar surface area (TPSA) is 88.0 Å². The minimum absolute atomic E-state index is 0.175. The molecule has 1 amide bonds. The van der Waals surface area contributed by atoms with Crippen molar-refractivity contribution in [3.05, 3.63) is 0 Å². The number of rotatable bonds is 3. The molecule has 1 rings (SSSR count). The van der Waals surface area contributed by atoms with E-state index in [1.54, 1.807) is 20.8 Å². The Morgan fingerprint density at radius 1 is 1.59 bits per heavy atom. The summed E-state index contributed by atoms with van der Waals surface area (Å²) < 4.78 is 10.3. The summed E-state index contributed by atoms with van der Waals surface area (Å²) in [4.78, 5) is 11.7. The number of amides is 1. The van der Waals surface area contributed by atoms with E-state index < -0.39 is 29.9 Å². The van der Waals surface area contributed by atoms with Crippen LogP contribution in [0.1, 0.15) is 27.2 Å². The van der Waals surface area contributed by atoms with E-state index in [4.69, 9.17) is 14.6 Å². The van der Waals surface area contributed by atoms with Crippen LogP contribution < -0.4 is 5.32 Å². The summed E-state index contributed by atoms with van der Waals surface area (Å²) in [6.07, 6.45) is -1.22. The van der Waals surface area contributed by atoms with Gasteiger partial charge >= 0.3 is 6.09 Å². The maximum Gasteiger partial charge on any atom is 0.408 e. The van der Waals surface area contributed by atoms with Gasteiger partial charge in [0.15, 0.2) is 0 Å². The summed E-state index contributed by atoms with van der Waals surface area (Å²) >= 11 is 0. The highest BCUT2D eigenvalue weighted by Gasteiger charge is 2.43. The molecule has 0 aromatic heterocycles. The maximum absolute atomic E-state index is 11.7. The standard InChI is InChI=1S/C11H21NO5/c1-10(2,3)17-9(15)12-11(8(14)6-13)4-5-16-7-11/h8,13-14H,4-7H2,1-3H3,(H,12,15). The van der Waals surface area contributed by atoms with Gasteiger partial charge in [0.25, 0.3) is 0 Å². The maximum atomic E-state index is 11.7. The van der Waals surface area contributed by atoms with Gasteiger partial charge in [0.1, 0.15) is 11.7 Å². The molecule has 0 saturated carbocycles. The number of hydrogen-bond donors (Lipinski definition) is 3.